The van der Waals surface area contributed by atoms with Crippen LogP contribution >= 0.6 is 0 Å². The molecule has 0 radical (unpaired) electrons. The summed E-state index contributed by atoms with van der Waals surface area (Å²) in [7, 11) is 1.82. The second-order valence-corrected chi connectivity index (χ2v) is 4.31. The van der Waals surface area contributed by atoms with Crippen molar-refractivity contribution < 1.29 is 9.90 Å². The van der Waals surface area contributed by atoms with Gasteiger partial charge in [0.15, 0.2) is 0 Å². The molecule has 0 saturated heterocycles. The molecule has 1 fully saturated rings. The van der Waals surface area contributed by atoms with Crippen LogP contribution in [0.2, 0.25) is 0 Å². The van der Waals surface area contributed by atoms with Gasteiger partial charge in [0.05, 0.1) is 13.1 Å². The second kappa shape index (κ2) is 4.61. The zero-order chi connectivity index (χ0) is 11.5. The Morgan fingerprint density at radius 3 is 2.94 bits per heavy atom. The Morgan fingerprint density at radius 2 is 2.44 bits per heavy atom. The maximum Gasteiger partial charge on any atom is 0.317 e. The van der Waals surface area contributed by atoms with Crippen LogP contribution in [0.25, 0.3) is 0 Å². The first-order valence-corrected chi connectivity index (χ1v) is 5.42. The summed E-state index contributed by atoms with van der Waals surface area (Å²) >= 11 is 0. The second-order valence-electron chi connectivity index (χ2n) is 4.31. The smallest absolute Gasteiger partial charge is 0.317 e. The molecule has 0 aliphatic heterocycles. The molecule has 1 heterocycles. The zero-order valence-corrected chi connectivity index (χ0v) is 9.33. The van der Waals surface area contributed by atoms with E-state index in [1.54, 1.807) is 4.68 Å². The summed E-state index contributed by atoms with van der Waals surface area (Å²) in [4.78, 5) is 16.8. The Bertz CT molecular complexity index is 373. The van der Waals surface area contributed by atoms with Gasteiger partial charge < -0.3 is 5.11 Å². The van der Waals surface area contributed by atoms with E-state index in [9.17, 15) is 4.79 Å². The Balaban J connectivity index is 1.94. The van der Waals surface area contributed by atoms with Gasteiger partial charge in [-0.25, -0.2) is 4.98 Å². The van der Waals surface area contributed by atoms with Gasteiger partial charge in [0.1, 0.15) is 12.2 Å². The fraction of sp³-hybridized carbons (Fsp3) is 0.700. The molecule has 0 aromatic carbocycles. The van der Waals surface area contributed by atoms with E-state index in [2.05, 4.69) is 10.1 Å². The van der Waals surface area contributed by atoms with Crippen molar-refractivity contribution in [1.29, 1.82) is 0 Å². The van der Waals surface area contributed by atoms with Gasteiger partial charge in [-0.1, -0.05) is 0 Å². The SMILES string of the molecule is Cn1ncnc1CN(CC(=O)O)CC1CC1. The summed E-state index contributed by atoms with van der Waals surface area (Å²) < 4.78 is 1.68. The third-order valence-corrected chi connectivity index (χ3v) is 2.74. The van der Waals surface area contributed by atoms with Crippen molar-refractivity contribution in [2.24, 2.45) is 13.0 Å². The quantitative estimate of drug-likeness (QED) is 0.742. The van der Waals surface area contributed by atoms with Gasteiger partial charge in [0.2, 0.25) is 0 Å². The molecule has 0 unspecified atom stereocenters. The molecule has 0 amide bonds. The van der Waals surface area contributed by atoms with Crippen LogP contribution in [0.3, 0.4) is 0 Å². The first-order chi connectivity index (χ1) is 7.65. The van der Waals surface area contributed by atoms with Crippen molar-refractivity contribution in [1.82, 2.24) is 19.7 Å². The molecule has 0 atom stereocenters. The van der Waals surface area contributed by atoms with Gasteiger partial charge in [-0.2, -0.15) is 5.10 Å². The average Bonchev–Trinajstić information content (AvgIpc) is 2.91. The van der Waals surface area contributed by atoms with Crippen LogP contribution in [0.5, 0.6) is 0 Å². The van der Waals surface area contributed by atoms with Gasteiger partial charge in [-0.05, 0) is 18.8 Å². The normalized spacial score (nSPS) is 15.6. The van der Waals surface area contributed by atoms with E-state index in [4.69, 9.17) is 5.11 Å². The molecule has 0 bridgehead atoms. The predicted molar refractivity (Wildman–Crippen MR) is 56.6 cm³/mol. The van der Waals surface area contributed by atoms with Crippen LogP contribution in [0, 0.1) is 5.92 Å². The van der Waals surface area contributed by atoms with Crippen molar-refractivity contribution in [3.8, 4) is 0 Å². The molecular formula is C10H16N4O2. The molecule has 1 aliphatic carbocycles. The lowest BCUT2D eigenvalue weighted by Crippen LogP contribution is -2.32. The third-order valence-electron chi connectivity index (χ3n) is 2.74. The van der Waals surface area contributed by atoms with Gasteiger partial charge >= 0.3 is 5.97 Å². The molecule has 2 rings (SSSR count). The van der Waals surface area contributed by atoms with Gasteiger partial charge in [-0.3, -0.25) is 14.4 Å². The number of aromatic nitrogens is 3. The van der Waals surface area contributed by atoms with Gasteiger partial charge in [-0.15, -0.1) is 0 Å². The van der Waals surface area contributed by atoms with E-state index in [-0.39, 0.29) is 6.54 Å². The highest BCUT2D eigenvalue weighted by Crippen LogP contribution is 2.29. The number of hydrogen-bond donors (Lipinski definition) is 1. The number of rotatable bonds is 6. The van der Waals surface area contributed by atoms with Gasteiger partial charge in [0.25, 0.3) is 0 Å². The van der Waals surface area contributed by atoms with Crippen LogP contribution in [-0.4, -0.2) is 43.8 Å². The summed E-state index contributed by atoms with van der Waals surface area (Å²) in [6.45, 7) is 1.47. The minimum absolute atomic E-state index is 0.0728. The molecule has 1 aliphatic rings. The van der Waals surface area contributed by atoms with Crippen LogP contribution in [0.15, 0.2) is 6.33 Å². The van der Waals surface area contributed by atoms with Gasteiger partial charge in [0, 0.05) is 13.6 Å². The fourth-order valence-corrected chi connectivity index (χ4v) is 1.71. The highest BCUT2D eigenvalue weighted by molar-refractivity contribution is 5.69. The molecule has 1 N–H and O–H groups in total. The van der Waals surface area contributed by atoms with E-state index < -0.39 is 5.97 Å². The molecule has 1 saturated carbocycles. The number of carbonyl (C=O) groups is 1. The number of aliphatic carboxylic acids is 1. The highest BCUT2D eigenvalue weighted by atomic mass is 16.4. The third kappa shape index (κ3) is 3.03. The molecule has 16 heavy (non-hydrogen) atoms. The van der Waals surface area contributed by atoms with E-state index in [0.29, 0.717) is 12.5 Å². The lowest BCUT2D eigenvalue weighted by atomic mass is 10.3. The van der Waals surface area contributed by atoms with E-state index >= 15 is 0 Å². The van der Waals surface area contributed by atoms with E-state index in [1.807, 2.05) is 11.9 Å². The minimum Gasteiger partial charge on any atom is -0.480 e. The number of carboxylic acid groups (broad SMARTS) is 1. The van der Waals surface area contributed by atoms with E-state index in [1.165, 1.54) is 19.2 Å². The maximum absolute atomic E-state index is 10.7. The summed E-state index contributed by atoms with van der Waals surface area (Å²) in [5.74, 6) is 0.692. The standard InChI is InChI=1S/C10H16N4O2/c1-13-9(11-7-12-13)5-14(6-10(15)16)4-8-2-3-8/h7-8H,2-6H2,1H3,(H,15,16). The molecule has 0 spiro atoms. The topological polar surface area (TPSA) is 71.2 Å². The van der Waals surface area contributed by atoms with Crippen molar-refractivity contribution >= 4 is 5.97 Å². The Kier molecular flexibility index (Phi) is 3.19. The van der Waals surface area contributed by atoms with Crippen molar-refractivity contribution in [2.75, 3.05) is 13.1 Å². The lowest BCUT2D eigenvalue weighted by Gasteiger charge is -2.19. The Morgan fingerprint density at radius 1 is 1.69 bits per heavy atom. The van der Waals surface area contributed by atoms with E-state index in [0.717, 1.165) is 12.4 Å². The number of aryl methyl sites for hydroxylation is 1. The van der Waals surface area contributed by atoms with Crippen molar-refractivity contribution in [2.45, 2.75) is 19.4 Å². The zero-order valence-electron chi connectivity index (χ0n) is 9.33. The van der Waals surface area contributed by atoms with Crippen molar-refractivity contribution in [3.63, 3.8) is 0 Å². The minimum atomic E-state index is -0.789. The maximum atomic E-state index is 10.7. The van der Waals surface area contributed by atoms with Crippen LogP contribution < -0.4 is 0 Å². The molecule has 1 aromatic rings. The molecular weight excluding hydrogens is 208 g/mol. The molecule has 6 nitrogen and oxygen atoms in total. The lowest BCUT2D eigenvalue weighted by molar-refractivity contribution is -0.138. The Hall–Kier alpha value is -1.43. The van der Waals surface area contributed by atoms with Crippen molar-refractivity contribution in [3.05, 3.63) is 12.2 Å². The molecule has 6 heteroatoms. The predicted octanol–water partition coefficient (Wildman–Crippen LogP) is 0.112. The average molecular weight is 224 g/mol. The summed E-state index contributed by atoms with van der Waals surface area (Å²) in [5, 5.41) is 12.8. The molecule has 1 aromatic heterocycles. The summed E-state index contributed by atoms with van der Waals surface area (Å²) in [6.07, 6.45) is 3.93. The van der Waals surface area contributed by atoms with Crippen LogP contribution in [0.4, 0.5) is 0 Å². The number of hydrogen-bond acceptors (Lipinski definition) is 4. The fourth-order valence-electron chi connectivity index (χ4n) is 1.71. The summed E-state index contributed by atoms with van der Waals surface area (Å²) in [5.41, 5.74) is 0. The molecule has 88 valence electrons. The first kappa shape index (κ1) is 11.1. The van der Waals surface area contributed by atoms with Crippen LogP contribution in [0.1, 0.15) is 18.7 Å². The number of carboxylic acids is 1. The Labute approximate surface area is 93.9 Å². The first-order valence-electron chi connectivity index (χ1n) is 5.42. The highest BCUT2D eigenvalue weighted by Gasteiger charge is 2.25. The monoisotopic (exact) mass is 224 g/mol. The largest absolute Gasteiger partial charge is 0.480 e. The van der Waals surface area contributed by atoms with Crippen LogP contribution in [-0.2, 0) is 18.4 Å². The number of nitrogens with zero attached hydrogens (tertiary/aromatic N) is 4. The summed E-state index contributed by atoms with van der Waals surface area (Å²) in [6, 6.07) is 0.